The van der Waals surface area contributed by atoms with Crippen LogP contribution in [0, 0.1) is 18.3 Å². The lowest BCUT2D eigenvalue weighted by atomic mass is 10.1. The summed E-state index contributed by atoms with van der Waals surface area (Å²) in [6.45, 7) is 4.61. The van der Waals surface area contributed by atoms with E-state index in [0.29, 0.717) is 12.1 Å². The summed E-state index contributed by atoms with van der Waals surface area (Å²) in [4.78, 5) is 14.0. The Hall–Kier alpha value is -2.90. The van der Waals surface area contributed by atoms with Crippen LogP contribution in [-0.4, -0.2) is 29.0 Å². The van der Waals surface area contributed by atoms with Crippen molar-refractivity contribution in [1.29, 1.82) is 5.26 Å². The minimum Gasteiger partial charge on any atom is -0.387 e. The van der Waals surface area contributed by atoms with Gasteiger partial charge in [0.05, 0.1) is 24.3 Å². The number of aliphatic hydroxyl groups is 1. The molecule has 0 aromatic heterocycles. The van der Waals surface area contributed by atoms with Crippen molar-refractivity contribution in [2.75, 3.05) is 13.1 Å². The largest absolute Gasteiger partial charge is 0.387 e. The van der Waals surface area contributed by atoms with E-state index in [9.17, 15) is 9.90 Å². The van der Waals surface area contributed by atoms with Crippen molar-refractivity contribution in [3.8, 4) is 6.07 Å². The number of rotatable bonds is 6. The van der Waals surface area contributed by atoms with E-state index in [2.05, 4.69) is 6.07 Å². The van der Waals surface area contributed by atoms with Gasteiger partial charge >= 0.3 is 0 Å². The monoisotopic (exact) mass is 334 g/mol. The molecule has 0 bridgehead atoms. The molecule has 0 saturated carbocycles. The van der Waals surface area contributed by atoms with E-state index in [0.717, 1.165) is 16.7 Å². The number of amides is 1. The van der Waals surface area contributed by atoms with Crippen molar-refractivity contribution >= 4 is 12.0 Å². The maximum absolute atomic E-state index is 12.4. The Morgan fingerprint density at radius 3 is 2.64 bits per heavy atom. The van der Waals surface area contributed by atoms with Crippen LogP contribution in [0.5, 0.6) is 0 Å². The molecule has 0 saturated heterocycles. The molecule has 0 heterocycles. The first-order valence-corrected chi connectivity index (χ1v) is 8.25. The highest BCUT2D eigenvalue weighted by atomic mass is 16.3. The average Bonchev–Trinajstić information content (AvgIpc) is 2.64. The summed E-state index contributed by atoms with van der Waals surface area (Å²) in [5, 5.41) is 19.3. The van der Waals surface area contributed by atoms with Crippen molar-refractivity contribution in [3.05, 3.63) is 76.9 Å². The third kappa shape index (κ3) is 5.30. The number of hydrogen-bond acceptors (Lipinski definition) is 3. The number of benzene rings is 2. The summed E-state index contributed by atoms with van der Waals surface area (Å²) >= 11 is 0. The molecule has 2 aromatic rings. The molecule has 0 aliphatic heterocycles. The lowest BCUT2D eigenvalue weighted by Crippen LogP contribution is -2.33. The van der Waals surface area contributed by atoms with Crippen LogP contribution in [0.25, 0.3) is 6.08 Å². The lowest BCUT2D eigenvalue weighted by Gasteiger charge is -2.23. The van der Waals surface area contributed by atoms with E-state index in [1.807, 2.05) is 44.2 Å². The first-order valence-electron chi connectivity index (χ1n) is 8.25. The number of carbonyl (C=O) groups excluding carboxylic acids is 1. The summed E-state index contributed by atoms with van der Waals surface area (Å²) in [5.41, 5.74) is 3.27. The quantitative estimate of drug-likeness (QED) is 0.823. The van der Waals surface area contributed by atoms with E-state index in [-0.39, 0.29) is 12.5 Å². The van der Waals surface area contributed by atoms with E-state index >= 15 is 0 Å². The van der Waals surface area contributed by atoms with Gasteiger partial charge in [-0.05, 0) is 43.2 Å². The molecule has 4 nitrogen and oxygen atoms in total. The van der Waals surface area contributed by atoms with Gasteiger partial charge in [0, 0.05) is 12.6 Å². The number of hydrogen-bond donors (Lipinski definition) is 1. The van der Waals surface area contributed by atoms with Gasteiger partial charge in [0.1, 0.15) is 0 Å². The molecule has 1 unspecified atom stereocenters. The van der Waals surface area contributed by atoms with Crippen LogP contribution < -0.4 is 0 Å². The van der Waals surface area contributed by atoms with Crippen LogP contribution in [0.3, 0.4) is 0 Å². The summed E-state index contributed by atoms with van der Waals surface area (Å²) in [6, 6.07) is 16.8. The Balaban J connectivity index is 2.03. The van der Waals surface area contributed by atoms with Gasteiger partial charge in [-0.25, -0.2) is 0 Å². The van der Waals surface area contributed by atoms with E-state index in [1.165, 1.54) is 6.08 Å². The van der Waals surface area contributed by atoms with Crippen molar-refractivity contribution < 1.29 is 9.90 Å². The van der Waals surface area contributed by atoms with Gasteiger partial charge in [0.25, 0.3) is 0 Å². The molecule has 0 aliphatic carbocycles. The molecule has 0 spiro atoms. The zero-order chi connectivity index (χ0) is 18.2. The van der Waals surface area contributed by atoms with Gasteiger partial charge in [0.15, 0.2) is 0 Å². The minimum absolute atomic E-state index is 0.170. The fourth-order valence-electron chi connectivity index (χ4n) is 2.46. The number of nitriles is 1. The van der Waals surface area contributed by atoms with Crippen LogP contribution >= 0.6 is 0 Å². The van der Waals surface area contributed by atoms with Crippen molar-refractivity contribution in [2.45, 2.75) is 20.0 Å². The number of aliphatic hydroxyl groups excluding tert-OH is 1. The molecule has 1 atom stereocenters. The van der Waals surface area contributed by atoms with Crippen molar-refractivity contribution in [3.63, 3.8) is 0 Å². The third-order valence-electron chi connectivity index (χ3n) is 3.98. The van der Waals surface area contributed by atoms with Gasteiger partial charge in [-0.2, -0.15) is 5.26 Å². The second kappa shape index (κ2) is 8.81. The van der Waals surface area contributed by atoms with Crippen LogP contribution in [0.4, 0.5) is 0 Å². The second-order valence-electron chi connectivity index (χ2n) is 5.87. The molecule has 0 aliphatic rings. The smallest absolute Gasteiger partial charge is 0.246 e. The highest BCUT2D eigenvalue weighted by molar-refractivity contribution is 5.91. The first-order chi connectivity index (χ1) is 12.0. The van der Waals surface area contributed by atoms with Crippen LogP contribution in [0.2, 0.25) is 0 Å². The van der Waals surface area contributed by atoms with Crippen molar-refractivity contribution in [2.24, 2.45) is 0 Å². The number of carbonyl (C=O) groups is 1. The number of aryl methyl sites for hydroxylation is 1. The molecule has 0 fully saturated rings. The number of likely N-dealkylation sites (N-methyl/N-ethyl adjacent to an activating group) is 1. The molecular formula is C21H22N2O2. The summed E-state index contributed by atoms with van der Waals surface area (Å²) in [7, 11) is 0. The van der Waals surface area contributed by atoms with E-state index < -0.39 is 6.10 Å². The van der Waals surface area contributed by atoms with E-state index in [4.69, 9.17) is 5.26 Å². The molecule has 0 radical (unpaired) electrons. The third-order valence-corrected chi connectivity index (χ3v) is 3.98. The van der Waals surface area contributed by atoms with Gasteiger partial charge in [0.2, 0.25) is 5.91 Å². The number of nitrogens with zero attached hydrogens (tertiary/aromatic N) is 2. The Labute approximate surface area is 148 Å². The maximum Gasteiger partial charge on any atom is 0.246 e. The molecule has 4 heteroatoms. The van der Waals surface area contributed by atoms with E-state index in [1.54, 1.807) is 29.2 Å². The summed E-state index contributed by atoms with van der Waals surface area (Å²) in [5.74, 6) is -0.170. The molecule has 2 rings (SSSR count). The predicted molar refractivity (Wildman–Crippen MR) is 98.6 cm³/mol. The molecular weight excluding hydrogens is 312 g/mol. The van der Waals surface area contributed by atoms with Gasteiger partial charge in [-0.1, -0.05) is 42.0 Å². The topological polar surface area (TPSA) is 64.3 Å². The van der Waals surface area contributed by atoms with Crippen LogP contribution in [-0.2, 0) is 4.79 Å². The molecule has 1 N–H and O–H groups in total. The van der Waals surface area contributed by atoms with Gasteiger partial charge < -0.3 is 10.0 Å². The Kier molecular flexibility index (Phi) is 6.50. The van der Waals surface area contributed by atoms with Crippen molar-refractivity contribution in [1.82, 2.24) is 4.90 Å². The molecule has 1 amide bonds. The molecule has 128 valence electrons. The summed E-state index contributed by atoms with van der Waals surface area (Å²) < 4.78 is 0. The fourth-order valence-corrected chi connectivity index (χ4v) is 2.46. The van der Waals surface area contributed by atoms with Crippen LogP contribution in [0.1, 0.15) is 35.3 Å². The highest BCUT2D eigenvalue weighted by Crippen LogP contribution is 2.15. The predicted octanol–water partition coefficient (Wildman–Crippen LogP) is 3.46. The SMILES string of the molecule is CCN(CC(O)c1ccc(C)cc1)C(=O)C=Cc1cccc(C#N)c1. The first kappa shape index (κ1) is 18.4. The normalized spacial score (nSPS) is 11.9. The zero-order valence-electron chi connectivity index (χ0n) is 14.5. The molecule has 2 aromatic carbocycles. The lowest BCUT2D eigenvalue weighted by molar-refractivity contribution is -0.127. The fraction of sp³-hybridized carbons (Fsp3) is 0.238. The van der Waals surface area contributed by atoms with Gasteiger partial charge in [-0.15, -0.1) is 0 Å². The Morgan fingerprint density at radius 1 is 1.28 bits per heavy atom. The Morgan fingerprint density at radius 2 is 2.00 bits per heavy atom. The standard InChI is InChI=1S/C21H22N2O2/c1-3-23(15-20(24)19-10-7-16(2)8-11-19)21(25)12-9-17-5-4-6-18(13-17)14-22/h4-13,20,24H,3,15H2,1-2H3. The second-order valence-corrected chi connectivity index (χ2v) is 5.87. The zero-order valence-corrected chi connectivity index (χ0v) is 14.5. The highest BCUT2D eigenvalue weighted by Gasteiger charge is 2.15. The van der Waals surface area contributed by atoms with Gasteiger partial charge in [-0.3, -0.25) is 4.79 Å². The average molecular weight is 334 g/mol. The summed E-state index contributed by atoms with van der Waals surface area (Å²) in [6.07, 6.45) is 2.44. The maximum atomic E-state index is 12.4. The van der Waals surface area contributed by atoms with Crippen LogP contribution in [0.15, 0.2) is 54.6 Å². The molecule has 25 heavy (non-hydrogen) atoms. The minimum atomic E-state index is -0.722. The Bertz CT molecular complexity index is 788.